The molecule has 26 heavy (non-hydrogen) atoms. The number of carbonyl (C=O) groups excluding carboxylic acids is 2. The molecule has 0 aromatic rings. The van der Waals surface area contributed by atoms with Crippen molar-refractivity contribution in [3.63, 3.8) is 0 Å². The second-order valence-electron chi connectivity index (χ2n) is 8.82. The number of hydrogen-bond acceptors (Lipinski definition) is 2. The van der Waals surface area contributed by atoms with Crippen LogP contribution in [0.2, 0.25) is 7.44 Å². The standard InChI is InChI=1S/2C4H9.2C3H7NO.2ClH.6Ti/c2*1-4(2)3;2*1-2-3(4)5;;;;;;;;/h2*1-3H3;2*2H2,1H3,(H2,4,5);2*1H;;;;;;/q;;;;;;;;;;+1;+3/p-4. The van der Waals surface area contributed by atoms with E-state index in [9.17, 15) is 9.59 Å². The van der Waals surface area contributed by atoms with Crippen molar-refractivity contribution in [3.8, 4) is 0 Å². The molecule has 146 valence electrons. The van der Waals surface area contributed by atoms with E-state index in [2.05, 4.69) is 49.1 Å². The Labute approximate surface area is 186 Å². The van der Waals surface area contributed by atoms with Gasteiger partial charge in [-0.05, 0) is 0 Å². The van der Waals surface area contributed by atoms with Gasteiger partial charge in [0.2, 0.25) is 0 Å². The molecule has 1 fully saturated rings. The van der Waals surface area contributed by atoms with Gasteiger partial charge in [-0.2, -0.15) is 0 Å². The van der Waals surface area contributed by atoms with Gasteiger partial charge in [0.1, 0.15) is 0 Å². The molecular weight excluding hydrogens is 586 g/mol. The van der Waals surface area contributed by atoms with Gasteiger partial charge in [0.15, 0.2) is 0 Å². The summed E-state index contributed by atoms with van der Waals surface area (Å²) in [6.07, 6.45) is 0.972. The molecule has 2 N–H and O–H groups in total. The third kappa shape index (κ3) is 6.90. The first-order valence-corrected chi connectivity index (χ1v) is 40.3. The van der Waals surface area contributed by atoms with Gasteiger partial charge in [0.05, 0.1) is 0 Å². The van der Waals surface area contributed by atoms with E-state index in [4.69, 9.17) is 18.6 Å². The number of nitrogens with one attached hydrogen (secondary N) is 2. The fraction of sp³-hybridized carbons (Fsp3) is 0.857. The zero-order chi connectivity index (χ0) is 20.6. The Kier molecular flexibility index (Phi) is 10.4. The van der Waals surface area contributed by atoms with Crippen molar-refractivity contribution < 1.29 is 76.7 Å². The summed E-state index contributed by atoms with van der Waals surface area (Å²) in [4.78, 5) is 24.6. The number of carbonyl (C=O) groups is 2. The number of amides is 2. The van der Waals surface area contributed by atoms with E-state index in [1.807, 2.05) is 13.8 Å². The predicted molar refractivity (Wildman–Crippen MR) is 88.0 cm³/mol. The van der Waals surface area contributed by atoms with Crippen LogP contribution in [0.15, 0.2) is 0 Å². The molecule has 0 radical (unpaired) electrons. The van der Waals surface area contributed by atoms with E-state index in [1.54, 1.807) is 0 Å². The molecule has 0 unspecified atom stereocenters. The summed E-state index contributed by atoms with van der Waals surface area (Å²) in [5.74, 6) is 0.206. The summed E-state index contributed by atoms with van der Waals surface area (Å²) in [5, 5.41) is 0. The van der Waals surface area contributed by atoms with Crippen LogP contribution in [0.4, 0.5) is 0 Å². The van der Waals surface area contributed by atoms with Gasteiger partial charge < -0.3 is 0 Å². The van der Waals surface area contributed by atoms with Crippen LogP contribution in [0.25, 0.3) is 0 Å². The monoisotopic (exact) mass is 616 g/mol. The van der Waals surface area contributed by atoms with Crippen LogP contribution in [0.5, 0.6) is 0 Å². The number of halogens is 2. The Morgan fingerprint density at radius 2 is 1.46 bits per heavy atom. The molecule has 0 saturated carbocycles. The van der Waals surface area contributed by atoms with Crippen LogP contribution >= 0.6 is 18.6 Å². The zero-order valence-electron chi connectivity index (χ0n) is 17.0. The normalized spacial score (nSPS) is 22.5. The first kappa shape index (κ1) is 27.8. The van der Waals surface area contributed by atoms with E-state index >= 15 is 0 Å². The Balaban J connectivity index is 3.51. The van der Waals surface area contributed by atoms with Crippen LogP contribution in [0.3, 0.4) is 0 Å². The van der Waals surface area contributed by atoms with E-state index in [1.165, 1.54) is 0 Å². The van der Waals surface area contributed by atoms with Gasteiger partial charge >= 0.3 is 190 Å². The Morgan fingerprint density at radius 1 is 1.00 bits per heavy atom. The topological polar surface area (TPSA) is 58.2 Å². The zero-order valence-corrected chi connectivity index (χ0v) is 27.9. The molecule has 4 nitrogen and oxygen atoms in total. The Morgan fingerprint density at radius 3 is 1.85 bits per heavy atom. The molecule has 0 bridgehead atoms. The Hall–Kier alpha value is 3.81. The molecule has 1 aliphatic heterocycles. The van der Waals surface area contributed by atoms with E-state index in [0.29, 0.717) is 12.8 Å². The van der Waals surface area contributed by atoms with Crippen LogP contribution < -0.4 is 7.60 Å². The summed E-state index contributed by atoms with van der Waals surface area (Å²) in [6.45, 7) is 18.2. The number of hydrogen-bond donors (Lipinski definition) is 2. The maximum atomic E-state index is 12.4. The maximum absolute atomic E-state index is 12.4. The van der Waals surface area contributed by atoms with Gasteiger partial charge in [-0.3, -0.25) is 0 Å². The molecule has 0 aliphatic carbocycles. The van der Waals surface area contributed by atoms with Crippen molar-refractivity contribution in [2.45, 2.75) is 75.7 Å². The number of rotatable bonds is 4. The van der Waals surface area contributed by atoms with Gasteiger partial charge in [0.25, 0.3) is 0 Å². The van der Waals surface area contributed by atoms with Crippen LogP contribution in [-0.2, 0) is 76.7 Å². The van der Waals surface area contributed by atoms with E-state index < -0.39 is 54.4 Å². The summed E-state index contributed by atoms with van der Waals surface area (Å²) < 4.78 is 7.30. The summed E-state index contributed by atoms with van der Waals surface area (Å²) in [7, 11) is 8.43. The summed E-state index contributed by atoms with van der Waals surface area (Å²) in [5.41, 5.74) is 0. The molecule has 1 rings (SSSR count). The third-order valence-corrected chi connectivity index (χ3v) is 219. The van der Waals surface area contributed by atoms with Gasteiger partial charge in [0, 0.05) is 0 Å². The van der Waals surface area contributed by atoms with E-state index in [0.717, 1.165) is 0 Å². The SMILES string of the molecule is CCC(=O)[NH][Ti]1[Ti][Ti]([C](C)(C)C)([C](C)(C)C)[Ti][Ti]([Cl])([Cl])([NH]C(=O)CC)[Ti]1. The Bertz CT molecular complexity index is 563. The van der Waals surface area contributed by atoms with Crippen molar-refractivity contribution >= 4 is 30.4 Å². The molecule has 1 aliphatic rings. The van der Waals surface area contributed by atoms with Gasteiger partial charge in [-0.25, -0.2) is 0 Å². The molecule has 0 aromatic carbocycles. The molecule has 2 amide bonds. The van der Waals surface area contributed by atoms with Crippen molar-refractivity contribution in [2.75, 3.05) is 0 Å². The fourth-order valence-corrected chi connectivity index (χ4v) is 491. The molecule has 1 heterocycles. The minimum absolute atomic E-state index is 0.0277. The van der Waals surface area contributed by atoms with Gasteiger partial charge in [-0.15, -0.1) is 0 Å². The molecule has 12 heteroatoms. The second kappa shape index (κ2) is 9.75. The van der Waals surface area contributed by atoms with Crippen LogP contribution in [-0.4, -0.2) is 11.8 Å². The first-order valence-electron chi connectivity index (χ1n) is 8.91. The first-order chi connectivity index (χ1) is 11.5. The summed E-state index contributed by atoms with van der Waals surface area (Å²) in [6, 6.07) is 0. The molecule has 0 spiro atoms. The molecule has 0 atom stereocenters. The fourth-order valence-electron chi connectivity index (χ4n) is 3.39. The average molecular weight is 617 g/mol. The van der Waals surface area contributed by atoms with Crippen molar-refractivity contribution in [1.82, 2.24) is 7.60 Å². The minimum atomic E-state index is -3.96. The summed E-state index contributed by atoms with van der Waals surface area (Å²) >= 11 is -3.06. The predicted octanol–water partition coefficient (Wildman–Crippen LogP) is 4.83. The second-order valence-corrected chi connectivity index (χ2v) is 106. The van der Waals surface area contributed by atoms with Crippen molar-refractivity contribution in [3.05, 3.63) is 0 Å². The van der Waals surface area contributed by atoms with Crippen molar-refractivity contribution in [1.29, 1.82) is 0 Å². The quantitative estimate of drug-likeness (QED) is 0.445. The average Bonchev–Trinajstić information content (AvgIpc) is 2.42. The third-order valence-electron chi connectivity index (χ3n) is 4.58. The van der Waals surface area contributed by atoms with Crippen LogP contribution in [0.1, 0.15) is 68.2 Å². The van der Waals surface area contributed by atoms with Crippen molar-refractivity contribution in [2.24, 2.45) is 0 Å². The molecule has 0 aromatic heterocycles. The van der Waals surface area contributed by atoms with Gasteiger partial charge in [-0.1, -0.05) is 0 Å². The van der Waals surface area contributed by atoms with Crippen LogP contribution in [0, 0.1) is 0 Å². The molecular formula is C14H30Cl2N2O2Ti6. The molecule has 1 saturated heterocycles. The van der Waals surface area contributed by atoms with E-state index in [-0.39, 0.29) is 32.0 Å².